The molecule has 1 aliphatic carbocycles. The zero-order valence-electron chi connectivity index (χ0n) is 13.8. The minimum absolute atomic E-state index is 0.758. The van der Waals surface area contributed by atoms with Crippen molar-refractivity contribution < 1.29 is 0 Å². The van der Waals surface area contributed by atoms with Gasteiger partial charge in [0, 0.05) is 13.1 Å². The Kier molecular flexibility index (Phi) is 6.79. The third-order valence-electron chi connectivity index (χ3n) is 5.39. The monoisotopic (exact) mass is 281 g/mol. The van der Waals surface area contributed by atoms with Crippen LogP contribution in [-0.4, -0.2) is 63.2 Å². The van der Waals surface area contributed by atoms with Gasteiger partial charge in [-0.3, -0.25) is 0 Å². The number of rotatable bonds is 7. The van der Waals surface area contributed by atoms with Gasteiger partial charge in [-0.1, -0.05) is 19.3 Å². The first-order chi connectivity index (χ1) is 9.70. The van der Waals surface area contributed by atoms with Crippen LogP contribution >= 0.6 is 0 Å². The molecule has 2 aliphatic rings. The normalized spacial score (nSPS) is 23.6. The maximum absolute atomic E-state index is 3.59. The predicted octanol–water partition coefficient (Wildman–Crippen LogP) is 2.57. The molecule has 118 valence electrons. The fraction of sp³-hybridized carbons (Fsp3) is 1.00. The summed E-state index contributed by atoms with van der Waals surface area (Å²) in [5, 5.41) is 3.59. The van der Waals surface area contributed by atoms with Crippen molar-refractivity contribution in [3.05, 3.63) is 0 Å². The van der Waals surface area contributed by atoms with E-state index in [2.05, 4.69) is 29.2 Å². The van der Waals surface area contributed by atoms with Gasteiger partial charge in [-0.25, -0.2) is 0 Å². The molecular formula is C17H35N3. The van der Waals surface area contributed by atoms with Crippen LogP contribution in [0.5, 0.6) is 0 Å². The van der Waals surface area contributed by atoms with E-state index >= 15 is 0 Å². The van der Waals surface area contributed by atoms with Gasteiger partial charge in [0.05, 0.1) is 0 Å². The molecule has 0 aromatic heterocycles. The Hall–Kier alpha value is -0.120. The van der Waals surface area contributed by atoms with Crippen molar-refractivity contribution in [3.63, 3.8) is 0 Å². The van der Waals surface area contributed by atoms with Crippen LogP contribution in [0.4, 0.5) is 0 Å². The molecule has 1 spiro atoms. The van der Waals surface area contributed by atoms with E-state index in [1.807, 2.05) is 0 Å². The minimum atomic E-state index is 0.758. The smallest absolute Gasteiger partial charge is 0.0107 e. The number of piperidine rings is 1. The van der Waals surface area contributed by atoms with Crippen molar-refractivity contribution in [2.75, 3.05) is 53.4 Å². The molecule has 0 bridgehead atoms. The molecule has 20 heavy (non-hydrogen) atoms. The van der Waals surface area contributed by atoms with Gasteiger partial charge in [-0.15, -0.1) is 0 Å². The lowest BCUT2D eigenvalue weighted by Crippen LogP contribution is -2.43. The Bertz CT molecular complexity index is 249. The number of hydrogen-bond donors (Lipinski definition) is 1. The Morgan fingerprint density at radius 1 is 0.950 bits per heavy atom. The summed E-state index contributed by atoms with van der Waals surface area (Å²) in [6, 6.07) is 0. The van der Waals surface area contributed by atoms with E-state index in [1.165, 1.54) is 84.1 Å². The molecule has 3 nitrogen and oxygen atoms in total. The number of nitrogens with zero attached hydrogens (tertiary/aromatic N) is 2. The summed E-state index contributed by atoms with van der Waals surface area (Å²) in [5.41, 5.74) is 0.758. The Balaban J connectivity index is 1.51. The Morgan fingerprint density at radius 3 is 2.30 bits per heavy atom. The van der Waals surface area contributed by atoms with E-state index in [-0.39, 0.29) is 0 Å². The number of likely N-dealkylation sites (tertiary alicyclic amines) is 1. The van der Waals surface area contributed by atoms with Crippen LogP contribution in [0.1, 0.15) is 51.4 Å². The van der Waals surface area contributed by atoms with Gasteiger partial charge in [0.15, 0.2) is 0 Å². The number of nitrogens with one attached hydrogen (secondary N) is 1. The zero-order valence-corrected chi connectivity index (χ0v) is 13.8. The summed E-state index contributed by atoms with van der Waals surface area (Å²) >= 11 is 0. The van der Waals surface area contributed by atoms with Gasteiger partial charge in [0.2, 0.25) is 0 Å². The van der Waals surface area contributed by atoms with E-state index in [9.17, 15) is 0 Å². The van der Waals surface area contributed by atoms with Crippen molar-refractivity contribution in [2.45, 2.75) is 51.4 Å². The maximum atomic E-state index is 3.59. The Labute approximate surface area is 126 Å². The molecule has 3 heteroatoms. The minimum Gasteiger partial charge on any atom is -0.315 e. The van der Waals surface area contributed by atoms with E-state index in [4.69, 9.17) is 0 Å². The molecule has 0 atom stereocenters. The molecule has 0 aromatic carbocycles. The highest BCUT2D eigenvalue weighted by Crippen LogP contribution is 2.44. The third kappa shape index (κ3) is 5.34. The molecule has 0 unspecified atom stereocenters. The summed E-state index contributed by atoms with van der Waals surface area (Å²) in [4.78, 5) is 4.94. The van der Waals surface area contributed by atoms with Crippen LogP contribution in [0.2, 0.25) is 0 Å². The fourth-order valence-corrected chi connectivity index (χ4v) is 3.94. The summed E-state index contributed by atoms with van der Waals surface area (Å²) in [5.74, 6) is 0. The molecule has 0 aromatic rings. The lowest BCUT2D eigenvalue weighted by atomic mass is 9.68. The lowest BCUT2D eigenvalue weighted by Gasteiger charge is -2.44. The second-order valence-electron chi connectivity index (χ2n) is 7.31. The first-order valence-corrected chi connectivity index (χ1v) is 8.78. The highest BCUT2D eigenvalue weighted by molar-refractivity contribution is 4.88. The van der Waals surface area contributed by atoms with Gasteiger partial charge < -0.3 is 15.1 Å². The average molecular weight is 281 g/mol. The van der Waals surface area contributed by atoms with Gasteiger partial charge in [0.1, 0.15) is 0 Å². The molecule has 2 rings (SSSR count). The summed E-state index contributed by atoms with van der Waals surface area (Å²) in [7, 11) is 4.30. The molecular weight excluding hydrogens is 246 g/mol. The van der Waals surface area contributed by atoms with Gasteiger partial charge >= 0.3 is 0 Å². The second-order valence-corrected chi connectivity index (χ2v) is 7.31. The van der Waals surface area contributed by atoms with Gasteiger partial charge in [0.25, 0.3) is 0 Å². The van der Waals surface area contributed by atoms with E-state index in [0.29, 0.717) is 0 Å². The van der Waals surface area contributed by atoms with E-state index in [0.717, 1.165) is 12.0 Å². The molecule has 1 saturated carbocycles. The average Bonchev–Trinajstić information content (AvgIpc) is 2.45. The molecule has 2 fully saturated rings. The van der Waals surface area contributed by atoms with Crippen LogP contribution in [0, 0.1) is 5.41 Å². The standard InChI is InChI=1S/C17H35N3/c1-19(2)13-6-11-18-12-16-20-14-9-17(10-15-20)7-4-3-5-8-17/h18H,3-16H2,1-2H3. The van der Waals surface area contributed by atoms with Crippen LogP contribution < -0.4 is 5.32 Å². The van der Waals surface area contributed by atoms with Gasteiger partial charge in [-0.05, 0) is 77.8 Å². The molecule has 0 amide bonds. The summed E-state index contributed by atoms with van der Waals surface area (Å²) in [6.45, 7) is 7.46. The fourth-order valence-electron chi connectivity index (χ4n) is 3.94. The van der Waals surface area contributed by atoms with Crippen LogP contribution in [-0.2, 0) is 0 Å². The second kappa shape index (κ2) is 8.35. The molecule has 1 saturated heterocycles. The van der Waals surface area contributed by atoms with Crippen molar-refractivity contribution >= 4 is 0 Å². The molecule has 0 radical (unpaired) electrons. The Morgan fingerprint density at radius 2 is 1.65 bits per heavy atom. The van der Waals surface area contributed by atoms with Crippen LogP contribution in [0.3, 0.4) is 0 Å². The summed E-state index contributed by atoms with van der Waals surface area (Å²) < 4.78 is 0. The first-order valence-electron chi connectivity index (χ1n) is 8.78. The molecule has 1 N–H and O–H groups in total. The van der Waals surface area contributed by atoms with Crippen molar-refractivity contribution in [3.8, 4) is 0 Å². The van der Waals surface area contributed by atoms with Crippen molar-refractivity contribution in [2.24, 2.45) is 5.41 Å². The van der Waals surface area contributed by atoms with Gasteiger partial charge in [-0.2, -0.15) is 0 Å². The predicted molar refractivity (Wildman–Crippen MR) is 87.2 cm³/mol. The highest BCUT2D eigenvalue weighted by Gasteiger charge is 2.35. The quantitative estimate of drug-likeness (QED) is 0.724. The lowest BCUT2D eigenvalue weighted by molar-refractivity contribution is 0.0683. The van der Waals surface area contributed by atoms with Crippen LogP contribution in [0.15, 0.2) is 0 Å². The first kappa shape index (κ1) is 16.3. The topological polar surface area (TPSA) is 18.5 Å². The third-order valence-corrected chi connectivity index (χ3v) is 5.39. The number of hydrogen-bond acceptors (Lipinski definition) is 3. The summed E-state index contributed by atoms with van der Waals surface area (Å²) in [6.07, 6.45) is 11.7. The molecule has 1 heterocycles. The van der Waals surface area contributed by atoms with Crippen molar-refractivity contribution in [1.82, 2.24) is 15.1 Å². The largest absolute Gasteiger partial charge is 0.315 e. The maximum Gasteiger partial charge on any atom is 0.0107 e. The highest BCUT2D eigenvalue weighted by atomic mass is 15.1. The molecule has 1 aliphatic heterocycles. The van der Waals surface area contributed by atoms with E-state index in [1.54, 1.807) is 0 Å². The van der Waals surface area contributed by atoms with Crippen LogP contribution in [0.25, 0.3) is 0 Å². The van der Waals surface area contributed by atoms with E-state index < -0.39 is 0 Å². The SMILES string of the molecule is CN(C)CCCNCCN1CCC2(CCCCC2)CC1. The van der Waals surface area contributed by atoms with Crippen molar-refractivity contribution in [1.29, 1.82) is 0 Å². The zero-order chi connectivity index (χ0) is 14.3.